The fraction of sp³-hybridized carbons (Fsp3) is 0.444. The van der Waals surface area contributed by atoms with Crippen molar-refractivity contribution in [2.45, 2.75) is 32.9 Å². The molecule has 0 fully saturated rings. The fourth-order valence-corrected chi connectivity index (χ4v) is 2.90. The van der Waals surface area contributed by atoms with Crippen molar-refractivity contribution in [3.05, 3.63) is 42.7 Å². The van der Waals surface area contributed by atoms with Crippen LogP contribution < -0.4 is 10.6 Å². The van der Waals surface area contributed by atoms with Crippen LogP contribution in [0.4, 0.5) is 0 Å². The molecule has 3 rings (SSSR count). The van der Waals surface area contributed by atoms with Gasteiger partial charge in [-0.25, -0.2) is 4.98 Å². The number of nitrogens with one attached hydrogen (secondary N) is 2. The van der Waals surface area contributed by atoms with E-state index in [1.807, 2.05) is 24.5 Å². The van der Waals surface area contributed by atoms with E-state index in [0.29, 0.717) is 0 Å². The molecule has 8 heteroatoms. The molecule has 0 atom stereocenters. The Morgan fingerprint density at radius 1 is 1.08 bits per heavy atom. The van der Waals surface area contributed by atoms with E-state index in [1.165, 1.54) is 5.52 Å². The lowest BCUT2D eigenvalue weighted by molar-refractivity contribution is 0.617. The summed E-state index contributed by atoms with van der Waals surface area (Å²) in [6, 6.07) is 8.20. The summed E-state index contributed by atoms with van der Waals surface area (Å²) < 4.78 is 4.25. The number of guanidine groups is 1. The fourth-order valence-electron chi connectivity index (χ4n) is 2.90. The zero-order chi connectivity index (χ0) is 18.2. The Balaban J connectivity index is 1.39. The quantitative estimate of drug-likeness (QED) is 0.363. The Kier molecular flexibility index (Phi) is 6.19. The number of aliphatic imine (C=N–C) groups is 1. The summed E-state index contributed by atoms with van der Waals surface area (Å²) in [7, 11) is 1.79. The highest BCUT2D eigenvalue weighted by atomic mass is 15.3. The molecule has 0 radical (unpaired) electrons. The number of hydrogen-bond acceptors (Lipinski definition) is 4. The van der Waals surface area contributed by atoms with Crippen molar-refractivity contribution < 1.29 is 0 Å². The lowest BCUT2D eigenvalue weighted by Gasteiger charge is -2.13. The highest BCUT2D eigenvalue weighted by molar-refractivity contribution is 5.79. The molecule has 0 aliphatic carbocycles. The summed E-state index contributed by atoms with van der Waals surface area (Å²) in [5, 5.41) is 14.7. The van der Waals surface area contributed by atoms with Gasteiger partial charge in [0.15, 0.2) is 5.96 Å². The van der Waals surface area contributed by atoms with Crippen LogP contribution in [0.15, 0.2) is 41.9 Å². The predicted molar refractivity (Wildman–Crippen MR) is 103 cm³/mol. The van der Waals surface area contributed by atoms with Crippen molar-refractivity contribution in [2.24, 2.45) is 4.99 Å². The molecular formula is C18H26N8. The lowest BCUT2D eigenvalue weighted by atomic mass is 10.3. The second-order valence-electron chi connectivity index (χ2n) is 6.00. The number of nitrogens with zero attached hydrogens (tertiary/aromatic N) is 6. The minimum atomic E-state index is 0.775. The Morgan fingerprint density at radius 3 is 2.77 bits per heavy atom. The van der Waals surface area contributed by atoms with E-state index in [9.17, 15) is 0 Å². The Labute approximate surface area is 153 Å². The third-order valence-electron chi connectivity index (χ3n) is 4.28. The number of hydrogen-bond donors (Lipinski definition) is 2. The molecule has 0 aliphatic rings. The van der Waals surface area contributed by atoms with Gasteiger partial charge in [-0.15, -0.1) is 10.2 Å². The average Bonchev–Trinajstić information content (AvgIpc) is 3.30. The highest BCUT2D eigenvalue weighted by Crippen LogP contribution is 2.11. The first-order valence-corrected chi connectivity index (χ1v) is 9.03. The number of imidazole rings is 1. The largest absolute Gasteiger partial charge is 0.356 e. The van der Waals surface area contributed by atoms with Crippen LogP contribution in [0.1, 0.15) is 19.2 Å². The molecule has 1 aromatic carbocycles. The van der Waals surface area contributed by atoms with Gasteiger partial charge in [-0.2, -0.15) is 0 Å². The maximum atomic E-state index is 4.42. The Morgan fingerprint density at radius 2 is 1.92 bits per heavy atom. The van der Waals surface area contributed by atoms with Crippen LogP contribution in [-0.4, -0.2) is 50.4 Å². The van der Waals surface area contributed by atoms with Crippen molar-refractivity contribution >= 4 is 17.0 Å². The molecule has 2 aromatic heterocycles. The second-order valence-corrected chi connectivity index (χ2v) is 6.00. The summed E-state index contributed by atoms with van der Waals surface area (Å²) >= 11 is 0. The van der Waals surface area contributed by atoms with Gasteiger partial charge in [0.25, 0.3) is 0 Å². The topological polar surface area (TPSA) is 85.0 Å². The van der Waals surface area contributed by atoms with Gasteiger partial charge >= 0.3 is 0 Å². The molecule has 3 aromatic rings. The van der Waals surface area contributed by atoms with Crippen LogP contribution in [0.3, 0.4) is 0 Å². The van der Waals surface area contributed by atoms with Gasteiger partial charge in [0.1, 0.15) is 12.2 Å². The van der Waals surface area contributed by atoms with Crippen LogP contribution in [-0.2, 0) is 19.5 Å². The summed E-state index contributed by atoms with van der Waals surface area (Å²) in [6.45, 7) is 5.44. The van der Waals surface area contributed by atoms with Gasteiger partial charge in [-0.1, -0.05) is 19.1 Å². The average molecular weight is 354 g/mol. The minimum absolute atomic E-state index is 0.775. The molecule has 138 valence electrons. The predicted octanol–water partition coefficient (Wildman–Crippen LogP) is 1.45. The van der Waals surface area contributed by atoms with Gasteiger partial charge < -0.3 is 19.8 Å². The highest BCUT2D eigenvalue weighted by Gasteiger charge is 2.03. The molecule has 8 nitrogen and oxygen atoms in total. The van der Waals surface area contributed by atoms with Crippen LogP contribution in [0, 0.1) is 0 Å². The van der Waals surface area contributed by atoms with Gasteiger partial charge in [-0.3, -0.25) is 4.99 Å². The van der Waals surface area contributed by atoms with E-state index < -0.39 is 0 Å². The van der Waals surface area contributed by atoms with E-state index in [4.69, 9.17) is 0 Å². The van der Waals surface area contributed by atoms with Gasteiger partial charge in [0.2, 0.25) is 0 Å². The van der Waals surface area contributed by atoms with E-state index in [0.717, 1.165) is 56.3 Å². The number of benzene rings is 1. The summed E-state index contributed by atoms with van der Waals surface area (Å²) in [4.78, 5) is 8.69. The van der Waals surface area contributed by atoms with Crippen LogP contribution in [0.5, 0.6) is 0 Å². The molecule has 0 bridgehead atoms. The van der Waals surface area contributed by atoms with Crippen molar-refractivity contribution in [1.82, 2.24) is 34.9 Å². The van der Waals surface area contributed by atoms with E-state index >= 15 is 0 Å². The number of fused-ring (bicyclic) bond motifs is 1. The Hall–Kier alpha value is -2.90. The van der Waals surface area contributed by atoms with Crippen molar-refractivity contribution in [3.63, 3.8) is 0 Å². The number of aromatic nitrogens is 5. The first-order valence-electron chi connectivity index (χ1n) is 9.03. The number of aryl methyl sites for hydroxylation is 2. The van der Waals surface area contributed by atoms with Crippen molar-refractivity contribution in [2.75, 3.05) is 20.1 Å². The molecule has 2 N–H and O–H groups in total. The molecule has 0 spiro atoms. The zero-order valence-electron chi connectivity index (χ0n) is 15.4. The normalized spacial score (nSPS) is 11.8. The maximum absolute atomic E-state index is 4.42. The molecule has 0 amide bonds. The molecular weight excluding hydrogens is 328 g/mol. The molecule has 0 saturated heterocycles. The standard InChI is InChI=1S/C18H26N8/c1-3-17-24-23-14-26(17)12-10-21-18(19-2)20-9-6-11-25-13-22-15-7-4-5-8-16(15)25/h4-5,7-8,13-14H,3,6,9-12H2,1-2H3,(H2,19,20,21). The molecule has 2 heterocycles. The van der Waals surface area contributed by atoms with Gasteiger partial charge in [0, 0.05) is 39.6 Å². The summed E-state index contributed by atoms with van der Waals surface area (Å²) in [5.74, 6) is 1.81. The second kappa shape index (κ2) is 8.98. The van der Waals surface area contributed by atoms with Crippen LogP contribution in [0.2, 0.25) is 0 Å². The smallest absolute Gasteiger partial charge is 0.191 e. The lowest BCUT2D eigenvalue weighted by Crippen LogP contribution is -2.39. The Bertz CT molecular complexity index is 848. The van der Waals surface area contributed by atoms with Crippen LogP contribution in [0.25, 0.3) is 11.0 Å². The first-order chi connectivity index (χ1) is 12.8. The SMILES string of the molecule is CCc1nncn1CCNC(=NC)NCCCn1cnc2ccccc21. The molecule has 26 heavy (non-hydrogen) atoms. The van der Waals surface area contributed by atoms with Gasteiger partial charge in [-0.05, 0) is 18.6 Å². The third-order valence-corrected chi connectivity index (χ3v) is 4.28. The summed E-state index contributed by atoms with van der Waals surface area (Å²) in [5.41, 5.74) is 2.22. The van der Waals surface area contributed by atoms with Gasteiger partial charge in [0.05, 0.1) is 17.4 Å². The monoisotopic (exact) mass is 354 g/mol. The first kappa shape index (κ1) is 17.9. The molecule has 0 saturated carbocycles. The van der Waals surface area contributed by atoms with E-state index in [1.54, 1.807) is 13.4 Å². The van der Waals surface area contributed by atoms with Crippen molar-refractivity contribution in [3.8, 4) is 0 Å². The molecule has 0 unspecified atom stereocenters. The zero-order valence-corrected chi connectivity index (χ0v) is 15.4. The van der Waals surface area contributed by atoms with Crippen molar-refractivity contribution in [1.29, 1.82) is 0 Å². The maximum Gasteiger partial charge on any atom is 0.191 e. The minimum Gasteiger partial charge on any atom is -0.356 e. The third kappa shape index (κ3) is 4.38. The van der Waals surface area contributed by atoms with Crippen LogP contribution >= 0.6 is 0 Å². The van der Waals surface area contributed by atoms with E-state index in [2.05, 4.69) is 52.9 Å². The molecule has 0 aliphatic heterocycles. The summed E-state index contributed by atoms with van der Waals surface area (Å²) in [6.07, 6.45) is 5.55. The number of rotatable bonds is 8. The van der Waals surface area contributed by atoms with E-state index in [-0.39, 0.29) is 0 Å². The number of para-hydroxylation sites is 2.